The highest BCUT2D eigenvalue weighted by atomic mass is 19.1. The Balaban J connectivity index is 2.16. The van der Waals surface area contributed by atoms with Crippen LogP contribution in [0.1, 0.15) is 38.6 Å². The van der Waals surface area contributed by atoms with Crippen molar-refractivity contribution < 1.29 is 4.39 Å². The van der Waals surface area contributed by atoms with Crippen LogP contribution in [0, 0.1) is 5.82 Å². The second-order valence-corrected chi connectivity index (χ2v) is 6.08. The zero-order valence-corrected chi connectivity index (χ0v) is 13.0. The van der Waals surface area contributed by atoms with Gasteiger partial charge < -0.3 is 10.3 Å². The minimum atomic E-state index is -0.239. The summed E-state index contributed by atoms with van der Waals surface area (Å²) < 4.78 is 15.2. The molecule has 0 bridgehead atoms. The van der Waals surface area contributed by atoms with Crippen LogP contribution in [0.25, 0.3) is 0 Å². The summed E-state index contributed by atoms with van der Waals surface area (Å²) >= 11 is 0. The van der Waals surface area contributed by atoms with E-state index in [0.717, 1.165) is 24.4 Å². The van der Waals surface area contributed by atoms with Crippen molar-refractivity contribution in [3.63, 3.8) is 0 Å². The average molecular weight is 289 g/mol. The smallest absolute Gasteiger partial charge is 0.123 e. The number of aromatic nitrogens is 2. The number of imidazole rings is 1. The maximum Gasteiger partial charge on any atom is 0.123 e. The summed E-state index contributed by atoms with van der Waals surface area (Å²) in [4.78, 5) is 4.42. The highest BCUT2D eigenvalue weighted by Gasteiger charge is 2.29. The molecule has 0 aliphatic rings. The van der Waals surface area contributed by atoms with Crippen molar-refractivity contribution in [1.29, 1.82) is 0 Å². The molecule has 3 nitrogen and oxygen atoms in total. The van der Waals surface area contributed by atoms with E-state index in [4.69, 9.17) is 5.73 Å². The van der Waals surface area contributed by atoms with Crippen LogP contribution < -0.4 is 5.73 Å². The molecule has 0 aliphatic carbocycles. The predicted octanol–water partition coefficient (Wildman–Crippen LogP) is 3.28. The van der Waals surface area contributed by atoms with E-state index in [2.05, 4.69) is 30.3 Å². The van der Waals surface area contributed by atoms with Crippen LogP contribution in [0.5, 0.6) is 0 Å². The standard InChI is InChI=1S/C17H24FN3/c1-4-10-21-11-9-20-16(21)12-15(19)17(2,3)13-5-7-14(18)8-6-13/h5-9,11,15H,4,10,12,19H2,1-3H3. The molecule has 114 valence electrons. The first-order valence-corrected chi connectivity index (χ1v) is 7.46. The SMILES string of the molecule is CCCn1ccnc1CC(N)C(C)(C)c1ccc(F)cc1. The monoisotopic (exact) mass is 289 g/mol. The van der Waals surface area contributed by atoms with Crippen LogP contribution in [-0.2, 0) is 18.4 Å². The van der Waals surface area contributed by atoms with Gasteiger partial charge >= 0.3 is 0 Å². The lowest BCUT2D eigenvalue weighted by Crippen LogP contribution is -2.43. The third-order valence-corrected chi connectivity index (χ3v) is 4.18. The van der Waals surface area contributed by atoms with E-state index in [-0.39, 0.29) is 17.3 Å². The van der Waals surface area contributed by atoms with E-state index < -0.39 is 0 Å². The van der Waals surface area contributed by atoms with Gasteiger partial charge in [0, 0.05) is 36.8 Å². The van der Waals surface area contributed by atoms with Crippen molar-refractivity contribution in [3.05, 3.63) is 53.9 Å². The molecule has 0 aliphatic heterocycles. The van der Waals surface area contributed by atoms with Crippen LogP contribution in [-0.4, -0.2) is 15.6 Å². The van der Waals surface area contributed by atoms with Crippen molar-refractivity contribution in [2.75, 3.05) is 0 Å². The average Bonchev–Trinajstić information content (AvgIpc) is 2.87. The van der Waals surface area contributed by atoms with Crippen LogP contribution in [0.2, 0.25) is 0 Å². The van der Waals surface area contributed by atoms with E-state index >= 15 is 0 Å². The molecule has 21 heavy (non-hydrogen) atoms. The Hall–Kier alpha value is -1.68. The Morgan fingerprint density at radius 3 is 2.57 bits per heavy atom. The van der Waals surface area contributed by atoms with Gasteiger partial charge in [0.25, 0.3) is 0 Å². The number of aryl methyl sites for hydroxylation is 1. The van der Waals surface area contributed by atoms with Gasteiger partial charge in [0.05, 0.1) is 0 Å². The van der Waals surface area contributed by atoms with E-state index in [1.165, 1.54) is 12.1 Å². The van der Waals surface area contributed by atoms with Gasteiger partial charge in [-0.2, -0.15) is 0 Å². The topological polar surface area (TPSA) is 43.8 Å². The third-order valence-electron chi connectivity index (χ3n) is 4.18. The van der Waals surface area contributed by atoms with E-state index in [0.29, 0.717) is 6.42 Å². The van der Waals surface area contributed by atoms with Gasteiger partial charge in [0.1, 0.15) is 11.6 Å². The summed E-state index contributed by atoms with van der Waals surface area (Å²) in [7, 11) is 0. The lowest BCUT2D eigenvalue weighted by Gasteiger charge is -2.32. The normalized spacial score (nSPS) is 13.4. The molecule has 2 N–H and O–H groups in total. The molecule has 0 saturated heterocycles. The lowest BCUT2D eigenvalue weighted by atomic mass is 9.77. The van der Waals surface area contributed by atoms with Gasteiger partial charge in [-0.3, -0.25) is 0 Å². The fourth-order valence-electron chi connectivity index (χ4n) is 2.52. The molecule has 0 radical (unpaired) electrons. The third kappa shape index (κ3) is 3.50. The Morgan fingerprint density at radius 1 is 1.29 bits per heavy atom. The molecule has 2 aromatic rings. The first kappa shape index (κ1) is 15.7. The molecule has 4 heteroatoms. The predicted molar refractivity (Wildman–Crippen MR) is 83.6 cm³/mol. The highest BCUT2D eigenvalue weighted by molar-refractivity contribution is 5.26. The Bertz CT molecular complexity index is 572. The van der Waals surface area contributed by atoms with Gasteiger partial charge in [-0.05, 0) is 24.1 Å². The maximum atomic E-state index is 13.1. The Labute approximate surface area is 126 Å². The molecule has 0 saturated carbocycles. The second kappa shape index (κ2) is 6.39. The van der Waals surface area contributed by atoms with E-state index in [9.17, 15) is 4.39 Å². The van der Waals surface area contributed by atoms with E-state index in [1.54, 1.807) is 0 Å². The lowest BCUT2D eigenvalue weighted by molar-refractivity contribution is 0.395. The van der Waals surface area contributed by atoms with Gasteiger partial charge in [-0.15, -0.1) is 0 Å². The first-order chi connectivity index (χ1) is 9.95. The van der Waals surface area contributed by atoms with Gasteiger partial charge in [0.2, 0.25) is 0 Å². The molecular formula is C17H24FN3. The molecular weight excluding hydrogens is 265 g/mol. The van der Waals surface area contributed by atoms with Gasteiger partial charge in [0.15, 0.2) is 0 Å². The molecule has 0 spiro atoms. The van der Waals surface area contributed by atoms with Crippen molar-refractivity contribution in [2.24, 2.45) is 5.73 Å². The maximum absolute atomic E-state index is 13.1. The van der Waals surface area contributed by atoms with Crippen LogP contribution in [0.15, 0.2) is 36.7 Å². The summed E-state index contributed by atoms with van der Waals surface area (Å²) in [5.41, 5.74) is 7.24. The number of benzene rings is 1. The molecule has 0 amide bonds. The Morgan fingerprint density at radius 2 is 1.95 bits per heavy atom. The zero-order valence-electron chi connectivity index (χ0n) is 13.0. The molecule has 1 aromatic heterocycles. The summed E-state index contributed by atoms with van der Waals surface area (Å²) in [5.74, 6) is 0.793. The molecule has 1 atom stereocenters. The summed E-state index contributed by atoms with van der Waals surface area (Å²) in [5, 5.41) is 0. The summed E-state index contributed by atoms with van der Waals surface area (Å²) in [6, 6.07) is 6.52. The molecule has 1 heterocycles. The zero-order chi connectivity index (χ0) is 15.5. The number of nitrogens with zero attached hydrogens (tertiary/aromatic N) is 2. The van der Waals surface area contributed by atoms with Gasteiger partial charge in [-0.1, -0.05) is 32.9 Å². The van der Waals surface area contributed by atoms with Crippen LogP contribution in [0.4, 0.5) is 4.39 Å². The summed E-state index contributed by atoms with van der Waals surface area (Å²) in [6.07, 6.45) is 5.59. The van der Waals surface area contributed by atoms with E-state index in [1.807, 2.05) is 24.5 Å². The minimum Gasteiger partial charge on any atom is -0.335 e. The quantitative estimate of drug-likeness (QED) is 0.887. The molecule has 0 fully saturated rings. The van der Waals surface area contributed by atoms with Gasteiger partial charge in [-0.25, -0.2) is 9.37 Å². The summed E-state index contributed by atoms with van der Waals surface area (Å²) in [6.45, 7) is 7.29. The molecule has 1 aromatic carbocycles. The molecule has 2 rings (SSSR count). The fourth-order valence-corrected chi connectivity index (χ4v) is 2.52. The minimum absolute atomic E-state index is 0.0824. The largest absolute Gasteiger partial charge is 0.335 e. The second-order valence-electron chi connectivity index (χ2n) is 6.08. The fraction of sp³-hybridized carbons (Fsp3) is 0.471. The number of nitrogens with two attached hydrogens (primary N) is 1. The molecule has 1 unspecified atom stereocenters. The van der Waals surface area contributed by atoms with Crippen molar-refractivity contribution in [3.8, 4) is 0 Å². The number of hydrogen-bond donors (Lipinski definition) is 1. The number of hydrogen-bond acceptors (Lipinski definition) is 2. The van der Waals surface area contributed by atoms with Crippen LogP contribution >= 0.6 is 0 Å². The number of rotatable bonds is 6. The van der Waals surface area contributed by atoms with Crippen molar-refractivity contribution in [2.45, 2.75) is 51.6 Å². The highest BCUT2D eigenvalue weighted by Crippen LogP contribution is 2.28. The Kier molecular flexibility index (Phi) is 4.78. The first-order valence-electron chi connectivity index (χ1n) is 7.46. The van der Waals surface area contributed by atoms with Crippen molar-refractivity contribution >= 4 is 0 Å². The van der Waals surface area contributed by atoms with Crippen LogP contribution in [0.3, 0.4) is 0 Å². The number of halogens is 1. The van der Waals surface area contributed by atoms with Crippen molar-refractivity contribution in [1.82, 2.24) is 9.55 Å².